The molecule has 0 saturated carbocycles. The number of nitrogens with zero attached hydrogens (tertiary/aromatic N) is 2. The fourth-order valence-electron chi connectivity index (χ4n) is 2.42. The number of aliphatic hydroxyl groups is 1. The van der Waals surface area contributed by atoms with E-state index >= 15 is 0 Å². The van der Waals surface area contributed by atoms with Gasteiger partial charge < -0.3 is 20.5 Å². The van der Waals surface area contributed by atoms with Crippen molar-refractivity contribution in [3.05, 3.63) is 0 Å². The van der Waals surface area contributed by atoms with E-state index in [1.54, 1.807) is 14.0 Å². The second-order valence-corrected chi connectivity index (χ2v) is 5.33. The highest BCUT2D eigenvalue weighted by Gasteiger charge is 2.28. The number of carbonyl (C=O) groups is 1. The predicted octanol–water partition coefficient (Wildman–Crippen LogP) is -0.736. The monoisotopic (exact) mass is 273 g/mol. The summed E-state index contributed by atoms with van der Waals surface area (Å²) in [5, 5.41) is 9.43. The van der Waals surface area contributed by atoms with Gasteiger partial charge in [-0.15, -0.1) is 0 Å². The molecular formula is C13H27N3O3. The minimum absolute atomic E-state index is 0.0980. The van der Waals surface area contributed by atoms with Crippen LogP contribution in [0.3, 0.4) is 0 Å². The molecule has 0 bridgehead atoms. The van der Waals surface area contributed by atoms with Gasteiger partial charge in [-0.3, -0.25) is 9.69 Å². The molecule has 1 aliphatic heterocycles. The lowest BCUT2D eigenvalue weighted by atomic mass is 10.1. The first-order valence-corrected chi connectivity index (χ1v) is 6.90. The second-order valence-electron chi connectivity index (χ2n) is 5.33. The van der Waals surface area contributed by atoms with E-state index in [2.05, 4.69) is 11.8 Å². The van der Waals surface area contributed by atoms with E-state index in [9.17, 15) is 9.90 Å². The van der Waals surface area contributed by atoms with E-state index in [0.29, 0.717) is 32.6 Å². The fourth-order valence-corrected chi connectivity index (χ4v) is 2.42. The van der Waals surface area contributed by atoms with E-state index < -0.39 is 0 Å². The van der Waals surface area contributed by atoms with Crippen molar-refractivity contribution in [3.63, 3.8) is 0 Å². The Balaban J connectivity index is 2.44. The Morgan fingerprint density at radius 3 is 2.68 bits per heavy atom. The van der Waals surface area contributed by atoms with Crippen LogP contribution in [0.15, 0.2) is 0 Å². The van der Waals surface area contributed by atoms with Gasteiger partial charge in [0.25, 0.3) is 0 Å². The first-order valence-electron chi connectivity index (χ1n) is 6.90. The molecule has 0 aromatic heterocycles. The molecule has 112 valence electrons. The standard InChI is InChI=1S/C13H27N3O3/c1-10-8-16(5-4-15(10)9-11(2)17)13(18)6-12(7-14)19-3/h10-12,17H,4-9,14H2,1-3H3. The summed E-state index contributed by atoms with van der Waals surface area (Å²) in [5.41, 5.74) is 5.53. The number of carbonyl (C=O) groups excluding carboxylic acids is 1. The Bertz CT molecular complexity index is 282. The van der Waals surface area contributed by atoms with Crippen molar-refractivity contribution in [3.8, 4) is 0 Å². The minimum Gasteiger partial charge on any atom is -0.392 e. The molecule has 0 spiro atoms. The topological polar surface area (TPSA) is 79.0 Å². The third-order valence-electron chi connectivity index (χ3n) is 3.62. The van der Waals surface area contributed by atoms with Gasteiger partial charge in [0, 0.05) is 45.9 Å². The largest absolute Gasteiger partial charge is 0.392 e. The van der Waals surface area contributed by atoms with Gasteiger partial charge in [-0.05, 0) is 13.8 Å². The fraction of sp³-hybridized carbons (Fsp3) is 0.923. The molecule has 19 heavy (non-hydrogen) atoms. The zero-order valence-electron chi connectivity index (χ0n) is 12.2. The maximum atomic E-state index is 12.1. The molecule has 1 rings (SSSR count). The van der Waals surface area contributed by atoms with Crippen LogP contribution in [0.1, 0.15) is 20.3 Å². The maximum Gasteiger partial charge on any atom is 0.225 e. The number of hydrogen-bond donors (Lipinski definition) is 2. The molecule has 0 radical (unpaired) electrons. The van der Waals surface area contributed by atoms with Gasteiger partial charge in [-0.2, -0.15) is 0 Å². The number of nitrogens with two attached hydrogens (primary N) is 1. The second kappa shape index (κ2) is 7.79. The number of hydrogen-bond acceptors (Lipinski definition) is 5. The minimum atomic E-state index is -0.334. The Morgan fingerprint density at radius 2 is 2.21 bits per heavy atom. The van der Waals surface area contributed by atoms with Crippen molar-refractivity contribution >= 4 is 5.91 Å². The van der Waals surface area contributed by atoms with Crippen LogP contribution in [-0.2, 0) is 9.53 Å². The molecule has 1 fully saturated rings. The molecule has 3 atom stereocenters. The highest BCUT2D eigenvalue weighted by molar-refractivity contribution is 5.76. The van der Waals surface area contributed by atoms with E-state index in [0.717, 1.165) is 6.54 Å². The lowest BCUT2D eigenvalue weighted by molar-refractivity contribution is -0.136. The van der Waals surface area contributed by atoms with E-state index in [4.69, 9.17) is 10.5 Å². The van der Waals surface area contributed by atoms with Crippen LogP contribution in [0, 0.1) is 0 Å². The van der Waals surface area contributed by atoms with E-state index in [1.165, 1.54) is 0 Å². The highest BCUT2D eigenvalue weighted by Crippen LogP contribution is 2.12. The Labute approximate surface area is 115 Å². The molecule has 1 aliphatic rings. The molecule has 1 heterocycles. The summed E-state index contributed by atoms with van der Waals surface area (Å²) in [4.78, 5) is 16.2. The van der Waals surface area contributed by atoms with Crippen molar-refractivity contribution in [1.82, 2.24) is 9.80 Å². The lowest BCUT2D eigenvalue weighted by Gasteiger charge is -2.40. The first kappa shape index (κ1) is 16.4. The van der Waals surface area contributed by atoms with Gasteiger partial charge in [-0.1, -0.05) is 0 Å². The van der Waals surface area contributed by atoms with Gasteiger partial charge in [0.2, 0.25) is 5.91 Å². The summed E-state index contributed by atoms with van der Waals surface area (Å²) >= 11 is 0. The molecule has 1 saturated heterocycles. The third kappa shape index (κ3) is 5.06. The number of aliphatic hydroxyl groups excluding tert-OH is 1. The SMILES string of the molecule is COC(CN)CC(=O)N1CCN(CC(C)O)C(C)C1. The summed E-state index contributed by atoms with van der Waals surface area (Å²) < 4.78 is 5.15. The van der Waals surface area contributed by atoms with Crippen molar-refractivity contribution in [2.75, 3.05) is 39.8 Å². The summed E-state index contributed by atoms with van der Waals surface area (Å²) in [6.07, 6.45) is -0.186. The lowest BCUT2D eigenvalue weighted by Crippen LogP contribution is -2.55. The van der Waals surface area contributed by atoms with Crippen molar-refractivity contribution in [1.29, 1.82) is 0 Å². The average molecular weight is 273 g/mol. The van der Waals surface area contributed by atoms with Crippen LogP contribution in [0.25, 0.3) is 0 Å². The number of ether oxygens (including phenoxy) is 1. The summed E-state index contributed by atoms with van der Waals surface area (Å²) in [6.45, 7) is 7.10. The van der Waals surface area contributed by atoms with Gasteiger partial charge in [0.15, 0.2) is 0 Å². The number of methoxy groups -OCH3 is 1. The van der Waals surface area contributed by atoms with E-state index in [-0.39, 0.29) is 24.2 Å². The summed E-state index contributed by atoms with van der Waals surface area (Å²) in [6, 6.07) is 0.270. The summed E-state index contributed by atoms with van der Waals surface area (Å²) in [7, 11) is 1.58. The van der Waals surface area contributed by atoms with Crippen LogP contribution >= 0.6 is 0 Å². The number of rotatable bonds is 6. The molecule has 6 nitrogen and oxygen atoms in total. The van der Waals surface area contributed by atoms with Crippen molar-refractivity contribution < 1.29 is 14.6 Å². The zero-order valence-corrected chi connectivity index (χ0v) is 12.2. The first-order chi connectivity index (χ1) is 8.97. The molecule has 3 N–H and O–H groups in total. The summed E-state index contributed by atoms with van der Waals surface area (Å²) in [5.74, 6) is 0.0980. The van der Waals surface area contributed by atoms with Crippen LogP contribution in [0.2, 0.25) is 0 Å². The molecule has 6 heteroatoms. The number of β-amino-alcohol motifs (C(OH)–C–C–N with tert-alkyl or cyclic N) is 1. The van der Waals surface area contributed by atoms with E-state index in [1.807, 2.05) is 4.90 Å². The van der Waals surface area contributed by atoms with Gasteiger partial charge in [0.1, 0.15) is 0 Å². The van der Waals surface area contributed by atoms with Gasteiger partial charge in [-0.25, -0.2) is 0 Å². The predicted molar refractivity (Wildman–Crippen MR) is 73.8 cm³/mol. The van der Waals surface area contributed by atoms with Gasteiger partial charge >= 0.3 is 0 Å². The number of piperazine rings is 1. The van der Waals surface area contributed by atoms with Crippen LogP contribution in [0.4, 0.5) is 0 Å². The molecule has 0 aromatic rings. The Hall–Kier alpha value is -0.690. The quantitative estimate of drug-likeness (QED) is 0.666. The van der Waals surface area contributed by atoms with Crippen LogP contribution in [0.5, 0.6) is 0 Å². The number of amides is 1. The van der Waals surface area contributed by atoms with Crippen LogP contribution in [-0.4, -0.2) is 78.9 Å². The van der Waals surface area contributed by atoms with Crippen LogP contribution < -0.4 is 5.73 Å². The Morgan fingerprint density at radius 1 is 1.53 bits per heavy atom. The van der Waals surface area contributed by atoms with Crippen molar-refractivity contribution in [2.45, 2.75) is 38.5 Å². The molecule has 3 unspecified atom stereocenters. The molecule has 1 amide bonds. The maximum absolute atomic E-state index is 12.1. The molecule has 0 aliphatic carbocycles. The highest BCUT2D eigenvalue weighted by atomic mass is 16.5. The Kier molecular flexibility index (Phi) is 6.71. The van der Waals surface area contributed by atoms with Crippen molar-refractivity contribution in [2.24, 2.45) is 5.73 Å². The molecule has 0 aromatic carbocycles. The zero-order chi connectivity index (χ0) is 14.4. The average Bonchev–Trinajstić information content (AvgIpc) is 2.37. The molecular weight excluding hydrogens is 246 g/mol. The van der Waals surface area contributed by atoms with Gasteiger partial charge in [0.05, 0.1) is 18.6 Å². The normalized spacial score (nSPS) is 24.3. The third-order valence-corrected chi connectivity index (χ3v) is 3.62. The smallest absolute Gasteiger partial charge is 0.225 e.